The minimum atomic E-state index is -0.0769. The highest BCUT2D eigenvalue weighted by Crippen LogP contribution is 2.27. The third-order valence-corrected chi connectivity index (χ3v) is 5.06. The molecule has 0 unspecified atom stereocenters. The standard InChI is InChI=1S/C24H21ClN2O2/c1-16-21(14-24(28)27-19-9-7-18(25)8-10-19)22-13-20(11-12-23(22)26-16)29-15-17-5-3-2-4-6-17/h2-13,26H,14-15H2,1H3,(H,27,28). The normalized spacial score (nSPS) is 10.8. The lowest BCUT2D eigenvalue weighted by Crippen LogP contribution is -2.14. The molecule has 0 atom stereocenters. The maximum Gasteiger partial charge on any atom is 0.228 e. The van der Waals surface area contributed by atoms with Crippen molar-refractivity contribution < 1.29 is 9.53 Å². The van der Waals surface area contributed by atoms with Crippen LogP contribution in [0.15, 0.2) is 72.8 Å². The van der Waals surface area contributed by atoms with Crippen LogP contribution in [0.2, 0.25) is 5.02 Å². The highest BCUT2D eigenvalue weighted by atomic mass is 35.5. The topological polar surface area (TPSA) is 54.1 Å². The van der Waals surface area contributed by atoms with Crippen molar-refractivity contribution in [3.05, 3.63) is 94.6 Å². The summed E-state index contributed by atoms with van der Waals surface area (Å²) < 4.78 is 5.95. The Morgan fingerprint density at radius 3 is 2.55 bits per heavy atom. The zero-order valence-corrected chi connectivity index (χ0v) is 16.8. The number of carbonyl (C=O) groups is 1. The molecule has 0 radical (unpaired) electrons. The van der Waals surface area contributed by atoms with Gasteiger partial charge in [-0.2, -0.15) is 0 Å². The summed E-state index contributed by atoms with van der Waals surface area (Å²) in [6.07, 6.45) is 0.274. The number of ether oxygens (including phenoxy) is 1. The van der Waals surface area contributed by atoms with E-state index in [-0.39, 0.29) is 12.3 Å². The first-order valence-corrected chi connectivity index (χ1v) is 9.79. The van der Waals surface area contributed by atoms with Crippen molar-refractivity contribution in [2.75, 3.05) is 5.32 Å². The van der Waals surface area contributed by atoms with Crippen LogP contribution in [0.3, 0.4) is 0 Å². The number of hydrogen-bond donors (Lipinski definition) is 2. The van der Waals surface area contributed by atoms with Gasteiger partial charge in [0.2, 0.25) is 5.91 Å². The molecular weight excluding hydrogens is 384 g/mol. The average molecular weight is 405 g/mol. The fourth-order valence-electron chi connectivity index (χ4n) is 3.32. The summed E-state index contributed by atoms with van der Waals surface area (Å²) in [7, 11) is 0. The lowest BCUT2D eigenvalue weighted by molar-refractivity contribution is -0.115. The van der Waals surface area contributed by atoms with Gasteiger partial charge >= 0.3 is 0 Å². The smallest absolute Gasteiger partial charge is 0.228 e. The minimum Gasteiger partial charge on any atom is -0.489 e. The van der Waals surface area contributed by atoms with Crippen LogP contribution in [0.1, 0.15) is 16.8 Å². The van der Waals surface area contributed by atoms with E-state index in [1.165, 1.54) is 0 Å². The second-order valence-electron chi connectivity index (χ2n) is 6.94. The third-order valence-electron chi connectivity index (χ3n) is 4.80. The maximum atomic E-state index is 12.6. The molecule has 146 valence electrons. The van der Waals surface area contributed by atoms with Gasteiger partial charge in [0, 0.05) is 27.3 Å². The van der Waals surface area contributed by atoms with Crippen molar-refractivity contribution in [3.8, 4) is 5.75 Å². The minimum absolute atomic E-state index is 0.0769. The number of halogens is 1. The zero-order chi connectivity index (χ0) is 20.2. The summed E-state index contributed by atoms with van der Waals surface area (Å²) in [6.45, 7) is 2.48. The van der Waals surface area contributed by atoms with E-state index in [9.17, 15) is 4.79 Å². The van der Waals surface area contributed by atoms with Crippen LogP contribution in [0.25, 0.3) is 10.9 Å². The van der Waals surface area contributed by atoms with Crippen molar-refractivity contribution in [2.24, 2.45) is 0 Å². The quantitative estimate of drug-likeness (QED) is 0.421. The van der Waals surface area contributed by atoms with Crippen LogP contribution in [0.4, 0.5) is 5.69 Å². The number of anilines is 1. The summed E-state index contributed by atoms with van der Waals surface area (Å²) in [5.74, 6) is 0.701. The molecule has 0 fully saturated rings. The number of aryl methyl sites for hydroxylation is 1. The number of nitrogens with one attached hydrogen (secondary N) is 2. The predicted octanol–water partition coefficient (Wildman–Crippen LogP) is 5.89. The number of aromatic nitrogens is 1. The molecule has 0 spiro atoms. The predicted molar refractivity (Wildman–Crippen MR) is 118 cm³/mol. The molecule has 5 heteroatoms. The molecule has 1 heterocycles. The van der Waals surface area contributed by atoms with Gasteiger partial charge in [0.1, 0.15) is 12.4 Å². The monoisotopic (exact) mass is 404 g/mol. The molecule has 0 bridgehead atoms. The maximum absolute atomic E-state index is 12.6. The largest absolute Gasteiger partial charge is 0.489 e. The van der Waals surface area contributed by atoms with Crippen LogP contribution >= 0.6 is 11.6 Å². The Kier molecular flexibility index (Phi) is 5.54. The number of H-pyrrole nitrogens is 1. The first kappa shape index (κ1) is 19.1. The van der Waals surface area contributed by atoms with Crippen LogP contribution in [-0.4, -0.2) is 10.9 Å². The van der Waals surface area contributed by atoms with Crippen molar-refractivity contribution in [1.29, 1.82) is 0 Å². The molecule has 0 saturated carbocycles. The molecule has 0 aliphatic heterocycles. The first-order valence-electron chi connectivity index (χ1n) is 9.42. The molecule has 4 nitrogen and oxygen atoms in total. The number of fused-ring (bicyclic) bond motifs is 1. The Labute approximate surface area is 174 Å². The van der Waals surface area contributed by atoms with E-state index in [0.29, 0.717) is 11.6 Å². The summed E-state index contributed by atoms with van der Waals surface area (Å²) in [5.41, 5.74) is 4.77. The second kappa shape index (κ2) is 8.41. The lowest BCUT2D eigenvalue weighted by atomic mass is 10.1. The summed E-state index contributed by atoms with van der Waals surface area (Å²) in [6, 6.07) is 23.1. The average Bonchev–Trinajstić information content (AvgIpc) is 3.03. The van der Waals surface area contributed by atoms with Crippen molar-refractivity contribution in [1.82, 2.24) is 4.98 Å². The highest BCUT2D eigenvalue weighted by Gasteiger charge is 2.14. The van der Waals surface area contributed by atoms with Crippen molar-refractivity contribution in [2.45, 2.75) is 20.0 Å². The zero-order valence-electron chi connectivity index (χ0n) is 16.0. The van der Waals surface area contributed by atoms with Gasteiger partial charge in [-0.05, 0) is 60.5 Å². The third kappa shape index (κ3) is 4.61. The van der Waals surface area contributed by atoms with Gasteiger partial charge in [0.05, 0.1) is 6.42 Å². The van der Waals surface area contributed by atoms with Gasteiger partial charge in [0.15, 0.2) is 0 Å². The number of hydrogen-bond acceptors (Lipinski definition) is 2. The Morgan fingerprint density at radius 1 is 1.03 bits per heavy atom. The molecule has 1 amide bonds. The Morgan fingerprint density at radius 2 is 1.79 bits per heavy atom. The fraction of sp³-hybridized carbons (Fsp3) is 0.125. The van der Waals surface area contributed by atoms with E-state index < -0.39 is 0 Å². The lowest BCUT2D eigenvalue weighted by Gasteiger charge is -2.08. The Balaban J connectivity index is 1.51. The van der Waals surface area contributed by atoms with E-state index in [0.717, 1.165) is 39.2 Å². The summed E-state index contributed by atoms with van der Waals surface area (Å²) in [4.78, 5) is 15.9. The van der Waals surface area contributed by atoms with Crippen LogP contribution in [0.5, 0.6) is 5.75 Å². The van der Waals surface area contributed by atoms with Gasteiger partial charge in [-0.25, -0.2) is 0 Å². The molecule has 3 aromatic carbocycles. The van der Waals surface area contributed by atoms with Crippen LogP contribution < -0.4 is 10.1 Å². The van der Waals surface area contributed by atoms with E-state index >= 15 is 0 Å². The molecule has 1 aromatic heterocycles. The Bertz CT molecular complexity index is 1130. The highest BCUT2D eigenvalue weighted by molar-refractivity contribution is 6.30. The number of rotatable bonds is 6. The van der Waals surface area contributed by atoms with Gasteiger partial charge in [-0.15, -0.1) is 0 Å². The number of amides is 1. The number of aromatic amines is 1. The molecule has 29 heavy (non-hydrogen) atoms. The van der Waals surface area contributed by atoms with Gasteiger partial charge in [0.25, 0.3) is 0 Å². The SMILES string of the molecule is Cc1[nH]c2ccc(OCc3ccccc3)cc2c1CC(=O)Nc1ccc(Cl)cc1. The molecule has 0 saturated heterocycles. The molecule has 2 N–H and O–H groups in total. The number of carbonyl (C=O) groups excluding carboxylic acids is 1. The number of benzene rings is 3. The van der Waals surface area contributed by atoms with Gasteiger partial charge in [-0.3, -0.25) is 4.79 Å². The first-order chi connectivity index (χ1) is 14.1. The van der Waals surface area contributed by atoms with Crippen molar-refractivity contribution >= 4 is 34.1 Å². The molecular formula is C24H21ClN2O2. The van der Waals surface area contributed by atoms with E-state index in [1.54, 1.807) is 24.3 Å². The molecule has 4 aromatic rings. The van der Waals surface area contributed by atoms with E-state index in [4.69, 9.17) is 16.3 Å². The summed E-state index contributed by atoms with van der Waals surface area (Å²) in [5, 5.41) is 4.55. The molecule has 0 aliphatic carbocycles. The van der Waals surface area contributed by atoms with E-state index in [1.807, 2.05) is 55.5 Å². The van der Waals surface area contributed by atoms with Gasteiger partial charge < -0.3 is 15.0 Å². The second-order valence-corrected chi connectivity index (χ2v) is 7.38. The van der Waals surface area contributed by atoms with E-state index in [2.05, 4.69) is 10.3 Å². The fourth-order valence-corrected chi connectivity index (χ4v) is 3.44. The Hall–Kier alpha value is -3.24. The molecule has 4 rings (SSSR count). The van der Waals surface area contributed by atoms with Crippen molar-refractivity contribution in [3.63, 3.8) is 0 Å². The summed E-state index contributed by atoms with van der Waals surface area (Å²) >= 11 is 5.90. The molecule has 0 aliphatic rings. The van der Waals surface area contributed by atoms with Crippen LogP contribution in [-0.2, 0) is 17.8 Å². The van der Waals surface area contributed by atoms with Crippen LogP contribution in [0, 0.1) is 6.92 Å². The van der Waals surface area contributed by atoms with Gasteiger partial charge in [-0.1, -0.05) is 41.9 Å².